The minimum Gasteiger partial charge on any atom is -0.384 e. The van der Waals surface area contributed by atoms with Gasteiger partial charge in [0.15, 0.2) is 0 Å². The molecule has 0 aliphatic rings. The summed E-state index contributed by atoms with van der Waals surface area (Å²) in [6.07, 6.45) is 1.13. The first kappa shape index (κ1) is 14.4. The number of carbonyl (C=O) groups excluding carboxylic acids is 1. The van der Waals surface area contributed by atoms with Crippen LogP contribution in [0.25, 0.3) is 0 Å². The van der Waals surface area contributed by atoms with Crippen LogP contribution in [-0.2, 0) is 11.3 Å². The molecule has 1 aromatic rings. The zero-order valence-electron chi connectivity index (χ0n) is 10.0. The fourth-order valence-electron chi connectivity index (χ4n) is 1.49. The summed E-state index contributed by atoms with van der Waals surface area (Å²) in [5.41, 5.74) is 5.39. The van der Waals surface area contributed by atoms with Crippen LogP contribution >= 0.6 is 11.6 Å². The Morgan fingerprint density at radius 3 is 2.78 bits per heavy atom. The largest absolute Gasteiger partial charge is 0.384 e. The maximum Gasteiger partial charge on any atom is 0.220 e. The van der Waals surface area contributed by atoms with Crippen LogP contribution < -0.4 is 11.1 Å². The number of hydrogen-bond acceptors (Lipinski definition) is 2. The molecule has 4 N–H and O–H groups in total. The first-order valence-electron chi connectivity index (χ1n) is 5.55. The minimum absolute atomic E-state index is 0.0577. The molecule has 4 nitrogen and oxygen atoms in total. The van der Waals surface area contributed by atoms with Crippen LogP contribution in [0, 0.1) is 11.2 Å². The molecule has 0 atom stereocenters. The third-order valence-electron chi connectivity index (χ3n) is 2.39. The summed E-state index contributed by atoms with van der Waals surface area (Å²) in [5.74, 6) is -1.23. The van der Waals surface area contributed by atoms with E-state index in [4.69, 9.17) is 22.7 Å². The third kappa shape index (κ3) is 3.43. The van der Waals surface area contributed by atoms with Crippen molar-refractivity contribution in [2.45, 2.75) is 26.3 Å². The van der Waals surface area contributed by atoms with Gasteiger partial charge in [0.1, 0.15) is 11.7 Å². The lowest BCUT2D eigenvalue weighted by atomic mass is 10.1. The van der Waals surface area contributed by atoms with Gasteiger partial charge in [-0.05, 0) is 12.5 Å². The van der Waals surface area contributed by atoms with Crippen molar-refractivity contribution in [1.82, 2.24) is 5.32 Å². The van der Waals surface area contributed by atoms with Crippen LogP contribution in [0.1, 0.15) is 30.9 Å². The van der Waals surface area contributed by atoms with Crippen molar-refractivity contribution in [2.24, 2.45) is 5.73 Å². The highest BCUT2D eigenvalue weighted by Gasteiger charge is 2.15. The molecule has 0 radical (unpaired) electrons. The van der Waals surface area contributed by atoms with Crippen molar-refractivity contribution in [3.8, 4) is 0 Å². The molecule has 0 aliphatic heterocycles. The summed E-state index contributed by atoms with van der Waals surface area (Å²) in [6.45, 7) is 1.94. The van der Waals surface area contributed by atoms with Crippen LogP contribution in [0.4, 0.5) is 4.39 Å². The van der Waals surface area contributed by atoms with Crippen LogP contribution in [0.3, 0.4) is 0 Å². The standard InChI is InChI=1S/C12H15ClFN3O/c1-2-3-9(18)17-6-7-4-5-8(13)10(11(7)14)12(15)16/h4-5H,2-3,6H2,1H3,(H3,15,16)(H,17,18). The lowest BCUT2D eigenvalue weighted by molar-refractivity contribution is -0.121. The number of nitrogens with two attached hydrogens (primary N) is 1. The maximum atomic E-state index is 14.0. The van der Waals surface area contributed by atoms with E-state index in [1.165, 1.54) is 12.1 Å². The van der Waals surface area contributed by atoms with E-state index in [1.54, 1.807) is 0 Å². The molecule has 0 unspecified atom stereocenters. The summed E-state index contributed by atoms with van der Waals surface area (Å²) in [7, 11) is 0. The van der Waals surface area contributed by atoms with Gasteiger partial charge in [0.2, 0.25) is 5.91 Å². The van der Waals surface area contributed by atoms with Gasteiger partial charge in [-0.3, -0.25) is 10.2 Å². The normalized spacial score (nSPS) is 10.2. The summed E-state index contributed by atoms with van der Waals surface area (Å²) in [5, 5.41) is 9.94. The predicted molar refractivity (Wildman–Crippen MR) is 69.2 cm³/mol. The molecule has 18 heavy (non-hydrogen) atoms. The van der Waals surface area contributed by atoms with Crippen molar-refractivity contribution < 1.29 is 9.18 Å². The number of amides is 1. The number of nitrogen functional groups attached to an aromatic ring is 1. The van der Waals surface area contributed by atoms with E-state index < -0.39 is 11.7 Å². The fraction of sp³-hybridized carbons (Fsp3) is 0.333. The first-order valence-corrected chi connectivity index (χ1v) is 5.93. The number of carbonyl (C=O) groups is 1. The zero-order chi connectivity index (χ0) is 13.7. The van der Waals surface area contributed by atoms with Gasteiger partial charge in [-0.15, -0.1) is 0 Å². The van der Waals surface area contributed by atoms with E-state index in [2.05, 4.69) is 5.32 Å². The summed E-state index contributed by atoms with van der Waals surface area (Å²) in [6, 6.07) is 2.93. The molecular weight excluding hydrogens is 257 g/mol. The first-order chi connectivity index (χ1) is 8.47. The second-order valence-corrected chi connectivity index (χ2v) is 4.24. The lowest BCUT2D eigenvalue weighted by Gasteiger charge is -2.10. The minimum atomic E-state index is -0.660. The quantitative estimate of drug-likeness (QED) is 0.567. The van der Waals surface area contributed by atoms with Gasteiger partial charge in [-0.1, -0.05) is 24.6 Å². The van der Waals surface area contributed by atoms with E-state index in [0.717, 1.165) is 6.42 Å². The highest BCUT2D eigenvalue weighted by Crippen LogP contribution is 2.21. The van der Waals surface area contributed by atoms with Gasteiger partial charge in [0.05, 0.1) is 10.6 Å². The van der Waals surface area contributed by atoms with E-state index >= 15 is 0 Å². The van der Waals surface area contributed by atoms with E-state index in [0.29, 0.717) is 6.42 Å². The Bertz CT molecular complexity index is 477. The topological polar surface area (TPSA) is 79.0 Å². The lowest BCUT2D eigenvalue weighted by Crippen LogP contribution is -2.23. The molecule has 0 saturated heterocycles. The van der Waals surface area contributed by atoms with Gasteiger partial charge in [-0.25, -0.2) is 4.39 Å². The van der Waals surface area contributed by atoms with Crippen LogP contribution in [0.2, 0.25) is 5.02 Å². The second-order valence-electron chi connectivity index (χ2n) is 3.84. The number of benzene rings is 1. The van der Waals surface area contributed by atoms with Crippen molar-refractivity contribution in [3.63, 3.8) is 0 Å². The van der Waals surface area contributed by atoms with E-state index in [1.807, 2.05) is 6.92 Å². The molecule has 1 amide bonds. The average Bonchev–Trinajstić information content (AvgIpc) is 2.28. The second kappa shape index (κ2) is 6.35. The molecule has 0 heterocycles. The average molecular weight is 272 g/mol. The van der Waals surface area contributed by atoms with Crippen molar-refractivity contribution >= 4 is 23.3 Å². The number of hydrogen-bond donors (Lipinski definition) is 3. The highest BCUT2D eigenvalue weighted by molar-refractivity contribution is 6.34. The Kier molecular flexibility index (Phi) is 5.09. The smallest absolute Gasteiger partial charge is 0.220 e. The number of nitrogens with one attached hydrogen (secondary N) is 2. The molecule has 0 saturated carbocycles. The van der Waals surface area contributed by atoms with Crippen LogP contribution in [0.15, 0.2) is 12.1 Å². The molecule has 0 spiro atoms. The Balaban J connectivity index is 2.88. The van der Waals surface area contributed by atoms with Gasteiger partial charge >= 0.3 is 0 Å². The molecule has 98 valence electrons. The fourth-order valence-corrected chi connectivity index (χ4v) is 1.74. The van der Waals surface area contributed by atoms with Gasteiger partial charge in [0, 0.05) is 18.5 Å². The molecule has 0 aromatic heterocycles. The van der Waals surface area contributed by atoms with Crippen molar-refractivity contribution in [1.29, 1.82) is 5.41 Å². The van der Waals surface area contributed by atoms with Crippen molar-refractivity contribution in [3.05, 3.63) is 34.1 Å². The molecular formula is C12H15ClFN3O. The molecule has 0 fully saturated rings. The Hall–Kier alpha value is -1.62. The number of amidine groups is 1. The molecule has 6 heteroatoms. The molecule has 0 aliphatic carbocycles. The summed E-state index contributed by atoms with van der Waals surface area (Å²) >= 11 is 5.76. The van der Waals surface area contributed by atoms with Crippen LogP contribution in [0.5, 0.6) is 0 Å². The summed E-state index contributed by atoms with van der Waals surface area (Å²) < 4.78 is 14.0. The maximum absolute atomic E-state index is 14.0. The van der Waals surface area contributed by atoms with Crippen molar-refractivity contribution in [2.75, 3.05) is 0 Å². The third-order valence-corrected chi connectivity index (χ3v) is 2.71. The van der Waals surface area contributed by atoms with E-state index in [9.17, 15) is 9.18 Å². The predicted octanol–water partition coefficient (Wildman–Crippen LogP) is 2.18. The van der Waals surface area contributed by atoms with Gasteiger partial charge in [-0.2, -0.15) is 0 Å². The Morgan fingerprint density at radius 1 is 1.56 bits per heavy atom. The molecule has 0 bridgehead atoms. The van der Waals surface area contributed by atoms with E-state index in [-0.39, 0.29) is 28.6 Å². The Labute approximate surface area is 110 Å². The van der Waals surface area contributed by atoms with Gasteiger partial charge < -0.3 is 11.1 Å². The zero-order valence-corrected chi connectivity index (χ0v) is 10.8. The highest BCUT2D eigenvalue weighted by atomic mass is 35.5. The summed E-state index contributed by atoms with van der Waals surface area (Å²) in [4.78, 5) is 11.3. The number of rotatable bonds is 5. The number of halogens is 2. The Morgan fingerprint density at radius 2 is 2.22 bits per heavy atom. The van der Waals surface area contributed by atoms with Crippen LogP contribution in [-0.4, -0.2) is 11.7 Å². The molecule has 1 aromatic carbocycles. The SMILES string of the molecule is CCCC(=O)NCc1ccc(Cl)c(C(=N)N)c1F. The van der Waals surface area contributed by atoms with Gasteiger partial charge in [0.25, 0.3) is 0 Å². The molecule has 1 rings (SSSR count). The monoisotopic (exact) mass is 271 g/mol.